The van der Waals surface area contributed by atoms with E-state index in [4.69, 9.17) is 4.74 Å². The largest absolute Gasteiger partial charge is 0.495 e. The Hall–Kier alpha value is -1.64. The molecule has 1 aromatic rings. The lowest BCUT2D eigenvalue weighted by molar-refractivity contribution is 0.0735. The van der Waals surface area contributed by atoms with Gasteiger partial charge in [0.05, 0.1) is 7.11 Å². The van der Waals surface area contributed by atoms with Gasteiger partial charge in [0.1, 0.15) is 10.6 Å². The Kier molecular flexibility index (Phi) is 4.81. The van der Waals surface area contributed by atoms with Gasteiger partial charge in [-0.15, -0.1) is 0 Å². The summed E-state index contributed by atoms with van der Waals surface area (Å²) < 4.78 is 31.3. The second kappa shape index (κ2) is 6.42. The molecule has 0 saturated carbocycles. The van der Waals surface area contributed by atoms with Crippen LogP contribution in [0, 0.1) is 0 Å². The number of nitrogens with one attached hydrogen (secondary N) is 2. The van der Waals surface area contributed by atoms with Gasteiger partial charge in [-0.25, -0.2) is 13.1 Å². The zero-order valence-corrected chi connectivity index (χ0v) is 12.9. The van der Waals surface area contributed by atoms with Crippen molar-refractivity contribution in [3.8, 4) is 5.75 Å². The third-order valence-electron chi connectivity index (χ3n) is 3.37. The Morgan fingerprint density at radius 1 is 1.33 bits per heavy atom. The molecule has 0 spiro atoms. The maximum Gasteiger partial charge on any atom is 0.253 e. The summed E-state index contributed by atoms with van der Waals surface area (Å²) in [6.45, 7) is 2.70. The third kappa shape index (κ3) is 3.34. The molecule has 1 saturated heterocycles. The van der Waals surface area contributed by atoms with Crippen molar-refractivity contribution < 1.29 is 17.9 Å². The molecule has 7 nitrogen and oxygen atoms in total. The molecule has 1 aliphatic rings. The third-order valence-corrected chi connectivity index (χ3v) is 4.81. The number of amides is 1. The Labute approximate surface area is 124 Å². The molecule has 1 amide bonds. The SMILES string of the molecule is CNS(=O)(=O)c1cc(C(=O)N2CCNCC2)ccc1OC. The van der Waals surface area contributed by atoms with Crippen molar-refractivity contribution in [2.75, 3.05) is 40.3 Å². The summed E-state index contributed by atoms with van der Waals surface area (Å²) in [5.41, 5.74) is 0.339. The van der Waals surface area contributed by atoms with Crippen molar-refractivity contribution in [3.63, 3.8) is 0 Å². The summed E-state index contributed by atoms with van der Waals surface area (Å²) in [5, 5.41) is 3.16. The van der Waals surface area contributed by atoms with Gasteiger partial charge < -0.3 is 15.0 Å². The summed E-state index contributed by atoms with van der Waals surface area (Å²) in [6, 6.07) is 4.44. The number of carbonyl (C=O) groups excluding carboxylic acids is 1. The first-order valence-corrected chi connectivity index (χ1v) is 8.09. The van der Waals surface area contributed by atoms with Crippen molar-refractivity contribution in [1.82, 2.24) is 14.9 Å². The summed E-state index contributed by atoms with van der Waals surface area (Å²) >= 11 is 0. The standard InChI is InChI=1S/C13H19N3O4S/c1-14-21(18,19)12-9-10(3-4-11(12)20-2)13(17)16-7-5-15-6-8-16/h3-4,9,14-15H,5-8H2,1-2H3. The van der Waals surface area contributed by atoms with Crippen LogP contribution in [0.15, 0.2) is 23.1 Å². The summed E-state index contributed by atoms with van der Waals surface area (Å²) in [5.74, 6) is 0.0351. The average Bonchev–Trinajstić information content (AvgIpc) is 2.54. The predicted molar refractivity (Wildman–Crippen MR) is 78.0 cm³/mol. The van der Waals surface area contributed by atoms with Crippen molar-refractivity contribution >= 4 is 15.9 Å². The van der Waals surface area contributed by atoms with E-state index in [1.165, 1.54) is 26.3 Å². The zero-order chi connectivity index (χ0) is 15.5. The van der Waals surface area contributed by atoms with Crippen LogP contribution in [0.2, 0.25) is 0 Å². The van der Waals surface area contributed by atoms with Crippen molar-refractivity contribution in [1.29, 1.82) is 0 Å². The van der Waals surface area contributed by atoms with Crippen LogP contribution in [-0.2, 0) is 10.0 Å². The number of hydrogen-bond donors (Lipinski definition) is 2. The second-order valence-electron chi connectivity index (χ2n) is 4.62. The highest BCUT2D eigenvalue weighted by atomic mass is 32.2. The van der Waals surface area contributed by atoms with Crippen molar-refractivity contribution in [2.24, 2.45) is 0 Å². The first kappa shape index (κ1) is 15.7. The fourth-order valence-electron chi connectivity index (χ4n) is 2.18. The fourth-order valence-corrected chi connectivity index (χ4v) is 3.10. The van der Waals surface area contributed by atoms with E-state index in [2.05, 4.69) is 10.0 Å². The molecule has 1 heterocycles. The van der Waals surface area contributed by atoms with Gasteiger partial charge in [0, 0.05) is 31.7 Å². The smallest absolute Gasteiger partial charge is 0.253 e. The number of benzene rings is 1. The number of carbonyl (C=O) groups is 1. The van der Waals surface area contributed by atoms with Crippen LogP contribution in [0.3, 0.4) is 0 Å². The van der Waals surface area contributed by atoms with Crippen LogP contribution < -0.4 is 14.8 Å². The minimum atomic E-state index is -3.69. The molecular weight excluding hydrogens is 294 g/mol. The number of methoxy groups -OCH3 is 1. The van der Waals surface area contributed by atoms with Gasteiger partial charge in [-0.3, -0.25) is 4.79 Å². The van der Waals surface area contributed by atoms with E-state index in [0.717, 1.165) is 13.1 Å². The normalized spacial score (nSPS) is 15.8. The molecular formula is C13H19N3O4S. The van der Waals surface area contributed by atoms with E-state index in [1.807, 2.05) is 0 Å². The van der Waals surface area contributed by atoms with Crippen molar-refractivity contribution in [3.05, 3.63) is 23.8 Å². The number of ether oxygens (including phenoxy) is 1. The van der Waals surface area contributed by atoms with Crippen LogP contribution in [0.5, 0.6) is 5.75 Å². The van der Waals surface area contributed by atoms with Crippen LogP contribution in [0.1, 0.15) is 10.4 Å². The van der Waals surface area contributed by atoms with Crippen molar-refractivity contribution in [2.45, 2.75) is 4.90 Å². The Morgan fingerprint density at radius 2 is 2.00 bits per heavy atom. The van der Waals surface area contributed by atoms with Gasteiger partial charge in [-0.2, -0.15) is 0 Å². The highest BCUT2D eigenvalue weighted by Crippen LogP contribution is 2.25. The molecule has 1 fully saturated rings. The van der Waals surface area contributed by atoms with Crippen LogP contribution in [-0.4, -0.2) is 59.6 Å². The lowest BCUT2D eigenvalue weighted by Gasteiger charge is -2.27. The molecule has 116 valence electrons. The summed E-state index contributed by atoms with van der Waals surface area (Å²) in [6.07, 6.45) is 0. The number of nitrogens with zero attached hydrogens (tertiary/aromatic N) is 1. The van der Waals surface area contributed by atoms with E-state index >= 15 is 0 Å². The molecule has 2 N–H and O–H groups in total. The highest BCUT2D eigenvalue weighted by molar-refractivity contribution is 7.89. The van der Waals surface area contributed by atoms with E-state index in [1.54, 1.807) is 11.0 Å². The predicted octanol–water partition coefficient (Wildman–Crippen LogP) is -0.351. The molecule has 2 rings (SSSR count). The molecule has 8 heteroatoms. The average molecular weight is 313 g/mol. The Balaban J connectivity index is 2.37. The summed E-state index contributed by atoms with van der Waals surface area (Å²) in [7, 11) is -0.976. The Morgan fingerprint density at radius 3 is 2.57 bits per heavy atom. The highest BCUT2D eigenvalue weighted by Gasteiger charge is 2.23. The minimum Gasteiger partial charge on any atom is -0.495 e. The van der Waals surface area contributed by atoms with Gasteiger partial charge in [0.25, 0.3) is 5.91 Å². The van der Waals surface area contributed by atoms with Gasteiger partial charge in [0.15, 0.2) is 0 Å². The first-order valence-electron chi connectivity index (χ1n) is 6.61. The van der Waals surface area contributed by atoms with Crippen LogP contribution >= 0.6 is 0 Å². The lowest BCUT2D eigenvalue weighted by Crippen LogP contribution is -2.46. The van der Waals surface area contributed by atoms with Crippen LogP contribution in [0.4, 0.5) is 0 Å². The molecule has 21 heavy (non-hydrogen) atoms. The number of hydrogen-bond acceptors (Lipinski definition) is 5. The molecule has 0 bridgehead atoms. The molecule has 0 atom stereocenters. The van der Waals surface area contributed by atoms with E-state index < -0.39 is 10.0 Å². The van der Waals surface area contributed by atoms with Crippen LogP contribution in [0.25, 0.3) is 0 Å². The zero-order valence-electron chi connectivity index (χ0n) is 12.0. The van der Waals surface area contributed by atoms with E-state index in [0.29, 0.717) is 18.7 Å². The van der Waals surface area contributed by atoms with Gasteiger partial charge in [-0.1, -0.05) is 0 Å². The van der Waals surface area contributed by atoms with E-state index in [-0.39, 0.29) is 16.6 Å². The first-order chi connectivity index (χ1) is 9.99. The topological polar surface area (TPSA) is 87.7 Å². The van der Waals surface area contributed by atoms with E-state index in [9.17, 15) is 13.2 Å². The van der Waals surface area contributed by atoms with Gasteiger partial charge in [0.2, 0.25) is 10.0 Å². The molecule has 0 radical (unpaired) electrons. The number of piperazine rings is 1. The second-order valence-corrected chi connectivity index (χ2v) is 6.47. The molecule has 0 aliphatic carbocycles. The number of sulfonamides is 1. The lowest BCUT2D eigenvalue weighted by atomic mass is 10.1. The summed E-state index contributed by atoms with van der Waals surface area (Å²) in [4.78, 5) is 14.1. The monoisotopic (exact) mass is 313 g/mol. The molecule has 0 aromatic heterocycles. The maximum absolute atomic E-state index is 12.4. The quantitative estimate of drug-likeness (QED) is 0.793. The molecule has 1 aromatic carbocycles. The molecule has 1 aliphatic heterocycles. The maximum atomic E-state index is 12.4. The van der Waals surface area contributed by atoms with Gasteiger partial charge >= 0.3 is 0 Å². The van der Waals surface area contributed by atoms with Gasteiger partial charge in [-0.05, 0) is 25.2 Å². The molecule has 0 unspecified atom stereocenters. The Bertz CT molecular complexity index is 624. The minimum absolute atomic E-state index is 0.0338. The number of rotatable bonds is 4. The fraction of sp³-hybridized carbons (Fsp3) is 0.462.